The normalized spacial score (nSPS) is 13.9. The molecule has 0 unspecified atom stereocenters. The van der Waals surface area contributed by atoms with E-state index < -0.39 is 30.0 Å². The third kappa shape index (κ3) is 5.48. The molecule has 8 nitrogen and oxygen atoms in total. The summed E-state index contributed by atoms with van der Waals surface area (Å²) in [5.74, 6) is 0. The van der Waals surface area contributed by atoms with Crippen LogP contribution in [-0.2, 0) is 20.2 Å². The van der Waals surface area contributed by atoms with Gasteiger partial charge in [-0.05, 0) is 73.0 Å². The molecule has 0 radical (unpaired) electrons. The van der Waals surface area contributed by atoms with Crippen molar-refractivity contribution in [3.05, 3.63) is 83.5 Å². The van der Waals surface area contributed by atoms with E-state index in [1.165, 1.54) is 0 Å². The van der Waals surface area contributed by atoms with E-state index in [1.54, 1.807) is 36.4 Å². The predicted molar refractivity (Wildman–Crippen MR) is 126 cm³/mol. The van der Waals surface area contributed by atoms with E-state index in [9.17, 15) is 25.9 Å². The average Bonchev–Trinajstić information content (AvgIpc) is 2.76. The molecular weight excluding hydrogens is 464 g/mol. The van der Waals surface area contributed by atoms with E-state index in [2.05, 4.69) is 4.58 Å². The third-order valence-electron chi connectivity index (χ3n) is 5.27. The van der Waals surface area contributed by atoms with Crippen molar-refractivity contribution >= 4 is 37.2 Å². The van der Waals surface area contributed by atoms with Gasteiger partial charge in [0.1, 0.15) is 23.2 Å². The number of benzene rings is 2. The minimum Gasteiger partial charge on any atom is -0.744 e. The molecule has 0 spiro atoms. The maximum Gasteiger partial charge on any atom is 0.294 e. The quantitative estimate of drug-likeness (QED) is 0.362. The molecule has 0 bridgehead atoms. The summed E-state index contributed by atoms with van der Waals surface area (Å²) < 4.78 is 71.3. The first-order valence-electron chi connectivity index (χ1n) is 10.1. The van der Waals surface area contributed by atoms with Gasteiger partial charge in [0, 0.05) is 23.4 Å². The lowest BCUT2D eigenvalue weighted by Crippen LogP contribution is -2.19. The zero-order chi connectivity index (χ0) is 24.4. The molecule has 2 aromatic carbocycles. The van der Waals surface area contributed by atoms with E-state index in [1.807, 2.05) is 26.0 Å². The van der Waals surface area contributed by atoms with Crippen molar-refractivity contribution in [3.8, 4) is 0 Å². The maximum absolute atomic E-state index is 12.0. The number of hydrogen-bond acceptors (Lipinski definition) is 6. The van der Waals surface area contributed by atoms with Gasteiger partial charge in [-0.25, -0.2) is 13.0 Å². The first kappa shape index (κ1) is 24.6. The number of rotatable bonds is 6. The fraction of sp³-hybridized carbons (Fsp3) is 0.174. The lowest BCUT2D eigenvalue weighted by molar-refractivity contribution is -0.519. The summed E-state index contributed by atoms with van der Waals surface area (Å²) in [6.07, 6.45) is 7.25. The van der Waals surface area contributed by atoms with Crippen molar-refractivity contribution in [2.75, 3.05) is 18.8 Å². The van der Waals surface area contributed by atoms with Crippen molar-refractivity contribution in [2.45, 2.75) is 23.6 Å². The number of allylic oxidation sites excluding steroid dienone is 5. The molecule has 0 aromatic heterocycles. The molecule has 0 saturated carbocycles. The Morgan fingerprint density at radius 3 is 2.00 bits per heavy atom. The van der Waals surface area contributed by atoms with E-state index in [0.717, 1.165) is 37.0 Å². The fourth-order valence-corrected chi connectivity index (χ4v) is 4.81. The van der Waals surface area contributed by atoms with Crippen LogP contribution in [0.15, 0.2) is 82.1 Å². The van der Waals surface area contributed by atoms with Crippen LogP contribution in [0.5, 0.6) is 0 Å². The van der Waals surface area contributed by atoms with E-state index in [0.29, 0.717) is 22.4 Å². The second-order valence-corrected chi connectivity index (χ2v) is 10.1. The fourth-order valence-electron chi connectivity index (χ4n) is 3.64. The maximum atomic E-state index is 12.0. The van der Waals surface area contributed by atoms with Crippen LogP contribution in [0.3, 0.4) is 0 Å². The van der Waals surface area contributed by atoms with Crippen LogP contribution >= 0.6 is 0 Å². The van der Waals surface area contributed by atoms with Gasteiger partial charge >= 0.3 is 0 Å². The molecule has 0 heterocycles. The minimum absolute atomic E-state index is 0.138. The monoisotopic (exact) mass is 488 g/mol. The number of nitrogens with two attached hydrogens (primary N) is 1. The van der Waals surface area contributed by atoms with Crippen LogP contribution in [0.1, 0.15) is 25.0 Å². The van der Waals surface area contributed by atoms with Gasteiger partial charge in [-0.2, -0.15) is 8.42 Å². The molecule has 1 aliphatic rings. The molecular formula is C23H24N2O6S2. The van der Waals surface area contributed by atoms with Crippen LogP contribution in [0.4, 0.5) is 5.69 Å². The summed E-state index contributed by atoms with van der Waals surface area (Å²) in [5.41, 5.74) is 8.44. The van der Waals surface area contributed by atoms with Gasteiger partial charge < -0.3 is 10.3 Å². The summed E-state index contributed by atoms with van der Waals surface area (Å²) >= 11 is 0. The highest BCUT2D eigenvalue weighted by molar-refractivity contribution is 7.86. The number of nitrogens with zero attached hydrogens (tertiary/aromatic N) is 1. The molecule has 0 atom stereocenters. The Balaban J connectivity index is 2.40. The average molecular weight is 489 g/mol. The molecule has 3 rings (SSSR count). The van der Waals surface area contributed by atoms with Crippen LogP contribution < -0.4 is 5.73 Å². The number of hydrogen-bond donors (Lipinski definition) is 2. The Morgan fingerprint density at radius 2 is 1.52 bits per heavy atom. The largest absolute Gasteiger partial charge is 0.744 e. The molecule has 0 amide bonds. The van der Waals surface area contributed by atoms with Crippen LogP contribution in [0, 0.1) is 0 Å². The Labute approximate surface area is 193 Å². The topological polar surface area (TPSA) is 141 Å². The summed E-state index contributed by atoms with van der Waals surface area (Å²) in [4.78, 5) is -1.13. The van der Waals surface area contributed by atoms with Gasteiger partial charge in [-0.15, -0.1) is 0 Å². The lowest BCUT2D eigenvalue weighted by Gasteiger charge is -2.19. The first-order chi connectivity index (χ1) is 15.5. The van der Waals surface area contributed by atoms with Crippen molar-refractivity contribution < 1.29 is 30.5 Å². The van der Waals surface area contributed by atoms with Gasteiger partial charge in [0.2, 0.25) is 0 Å². The van der Waals surface area contributed by atoms with Crippen LogP contribution in [-0.4, -0.2) is 49.3 Å². The van der Waals surface area contributed by atoms with E-state index in [4.69, 9.17) is 5.73 Å². The zero-order valence-corrected chi connectivity index (χ0v) is 19.7. The molecule has 0 saturated heterocycles. The van der Waals surface area contributed by atoms with Crippen LogP contribution in [0.25, 0.3) is 5.57 Å². The molecule has 0 fully saturated rings. The summed E-state index contributed by atoms with van der Waals surface area (Å²) in [5, 5.41) is 0. The molecule has 33 heavy (non-hydrogen) atoms. The second-order valence-electron chi connectivity index (χ2n) is 7.30. The standard InChI is InChI=1S/C23H24N2O6S2/c1-3-25(4-2)19-11-7-17(8-12-19)23(16-5-9-18(24)10-6-16)21-15-20(32(26,27)28)13-14-22(21)33(29,30)31/h5-15,24H,3-4H2,1-2H3,(H2,26,27,28,29,30,31). The molecule has 0 aliphatic heterocycles. The smallest absolute Gasteiger partial charge is 0.294 e. The van der Waals surface area contributed by atoms with Crippen molar-refractivity contribution in [2.24, 2.45) is 0 Å². The van der Waals surface area contributed by atoms with Gasteiger partial charge in [-0.1, -0.05) is 12.1 Å². The highest BCUT2D eigenvalue weighted by Crippen LogP contribution is 2.35. The Morgan fingerprint density at radius 1 is 0.939 bits per heavy atom. The minimum atomic E-state index is -4.97. The van der Waals surface area contributed by atoms with E-state index in [-0.39, 0.29) is 5.56 Å². The van der Waals surface area contributed by atoms with Gasteiger partial charge in [-0.3, -0.25) is 4.55 Å². The Kier molecular flexibility index (Phi) is 7.03. The SMILES string of the molecule is CC[N+](CC)=C1C=CC(=C(c2ccc(N)cc2)c2cc(S(=O)(=O)O)ccc2S(=O)(=O)[O-])C=C1. The highest BCUT2D eigenvalue weighted by atomic mass is 32.2. The molecule has 1 aliphatic carbocycles. The summed E-state index contributed by atoms with van der Waals surface area (Å²) in [7, 11) is -9.63. The summed E-state index contributed by atoms with van der Waals surface area (Å²) in [6.45, 7) is 5.63. The Bertz CT molecular complexity index is 1390. The third-order valence-corrected chi connectivity index (χ3v) is 7.02. The summed E-state index contributed by atoms with van der Waals surface area (Å²) in [6, 6.07) is 9.27. The van der Waals surface area contributed by atoms with Gasteiger partial charge in [0.25, 0.3) is 10.1 Å². The highest BCUT2D eigenvalue weighted by Gasteiger charge is 2.22. The molecule has 3 N–H and O–H groups in total. The predicted octanol–water partition coefficient (Wildman–Crippen LogP) is 2.84. The number of anilines is 1. The van der Waals surface area contributed by atoms with Crippen LogP contribution in [0.2, 0.25) is 0 Å². The lowest BCUT2D eigenvalue weighted by atomic mass is 9.90. The second kappa shape index (κ2) is 9.44. The van der Waals surface area contributed by atoms with Crippen molar-refractivity contribution in [3.63, 3.8) is 0 Å². The van der Waals surface area contributed by atoms with Gasteiger partial charge in [0.15, 0.2) is 5.71 Å². The molecule has 174 valence electrons. The van der Waals surface area contributed by atoms with Crippen molar-refractivity contribution in [1.29, 1.82) is 0 Å². The zero-order valence-electron chi connectivity index (χ0n) is 18.1. The molecule has 2 aromatic rings. The number of nitrogen functional groups attached to an aromatic ring is 1. The van der Waals surface area contributed by atoms with E-state index >= 15 is 0 Å². The molecule has 10 heteroatoms. The first-order valence-corrected chi connectivity index (χ1v) is 13.0. The Hall–Kier alpha value is -3.05. The van der Waals surface area contributed by atoms with Gasteiger partial charge in [0.05, 0.1) is 9.79 Å². The van der Waals surface area contributed by atoms with Crippen molar-refractivity contribution in [1.82, 2.24) is 0 Å².